The van der Waals surface area contributed by atoms with Gasteiger partial charge in [-0.15, -0.1) is 23.7 Å². The van der Waals surface area contributed by atoms with Crippen LogP contribution in [-0.2, 0) is 11.3 Å². The van der Waals surface area contributed by atoms with Crippen LogP contribution in [0.1, 0.15) is 0 Å². The molecule has 1 N–H and O–H groups in total. The molecule has 3 aromatic rings. The molecule has 23 heavy (non-hydrogen) atoms. The van der Waals surface area contributed by atoms with Gasteiger partial charge >= 0.3 is 0 Å². The van der Waals surface area contributed by atoms with E-state index in [0.717, 1.165) is 23.5 Å². The summed E-state index contributed by atoms with van der Waals surface area (Å²) in [5.41, 5.74) is 0.756. The molecular weight excluding hydrogens is 338 g/mol. The first-order chi connectivity index (χ1) is 10.8. The summed E-state index contributed by atoms with van der Waals surface area (Å²) >= 11 is 1.45. The molecule has 0 bridgehead atoms. The normalized spacial score (nSPS) is 18.0. The Morgan fingerprint density at radius 3 is 3.13 bits per heavy atom. The second kappa shape index (κ2) is 6.84. The number of fused-ring (bicyclic) bond motifs is 1. The number of hydrogen-bond donors (Lipinski definition) is 1. The molecule has 3 aromatic heterocycles. The fraction of sp³-hybridized carbons (Fsp3) is 0.333. The van der Waals surface area contributed by atoms with Gasteiger partial charge in [0.2, 0.25) is 0 Å². The minimum absolute atomic E-state index is 0. The van der Waals surface area contributed by atoms with Crippen LogP contribution >= 0.6 is 23.7 Å². The molecule has 4 heterocycles. The van der Waals surface area contributed by atoms with Crippen LogP contribution in [0.4, 0.5) is 0 Å². The molecule has 0 spiro atoms. The molecule has 1 unspecified atom stereocenters. The third-order valence-corrected chi connectivity index (χ3v) is 4.64. The minimum Gasteiger partial charge on any atom is -0.464 e. The average Bonchev–Trinajstić information content (AvgIpc) is 3.20. The van der Waals surface area contributed by atoms with Gasteiger partial charge in [-0.3, -0.25) is 9.36 Å². The molecule has 4 rings (SSSR count). The summed E-state index contributed by atoms with van der Waals surface area (Å²) in [7, 11) is 0. The smallest absolute Gasteiger partial charge is 0.262 e. The van der Waals surface area contributed by atoms with Gasteiger partial charge < -0.3 is 14.5 Å². The van der Waals surface area contributed by atoms with Crippen LogP contribution in [0.2, 0.25) is 0 Å². The van der Waals surface area contributed by atoms with Gasteiger partial charge in [-0.25, -0.2) is 4.98 Å². The van der Waals surface area contributed by atoms with Gasteiger partial charge in [0.25, 0.3) is 5.56 Å². The zero-order valence-electron chi connectivity index (χ0n) is 12.2. The maximum atomic E-state index is 12.8. The minimum atomic E-state index is -0.0492. The standard InChI is InChI=1S/C15H15N3O3S.ClH/c19-15-13-11(12-2-1-4-21-12)8-22-14(13)17-9-18(15)7-10-6-16-3-5-20-10;/h1-2,4,8-10,16H,3,5-7H2;1H. The van der Waals surface area contributed by atoms with Crippen molar-refractivity contribution in [2.24, 2.45) is 0 Å². The highest BCUT2D eigenvalue weighted by Gasteiger charge is 2.18. The fourth-order valence-corrected chi connectivity index (χ4v) is 3.55. The summed E-state index contributed by atoms with van der Waals surface area (Å²) in [6.45, 7) is 2.78. The SMILES string of the molecule is Cl.O=c1c2c(-c3ccco3)csc2ncn1CC1CNCCO1. The predicted molar refractivity (Wildman–Crippen MR) is 91.4 cm³/mol. The Morgan fingerprint density at radius 2 is 2.39 bits per heavy atom. The van der Waals surface area contributed by atoms with E-state index in [-0.39, 0.29) is 24.1 Å². The fourth-order valence-electron chi connectivity index (χ4n) is 2.67. The molecule has 1 aliphatic rings. The second-order valence-electron chi connectivity index (χ2n) is 5.21. The van der Waals surface area contributed by atoms with E-state index in [1.807, 2.05) is 17.5 Å². The highest BCUT2D eigenvalue weighted by atomic mass is 35.5. The number of ether oxygens (including phenoxy) is 1. The molecule has 0 amide bonds. The zero-order chi connectivity index (χ0) is 14.9. The largest absolute Gasteiger partial charge is 0.464 e. The Hall–Kier alpha value is -1.67. The van der Waals surface area contributed by atoms with Crippen LogP contribution in [0, 0.1) is 0 Å². The molecular formula is C15H16ClN3O3S. The maximum Gasteiger partial charge on any atom is 0.262 e. The van der Waals surface area contributed by atoms with Crippen molar-refractivity contribution in [2.75, 3.05) is 19.7 Å². The van der Waals surface area contributed by atoms with Gasteiger partial charge in [0.15, 0.2) is 0 Å². The van der Waals surface area contributed by atoms with E-state index in [1.165, 1.54) is 11.3 Å². The third kappa shape index (κ3) is 3.05. The van der Waals surface area contributed by atoms with E-state index < -0.39 is 0 Å². The van der Waals surface area contributed by atoms with Crippen molar-refractivity contribution in [1.29, 1.82) is 0 Å². The summed E-state index contributed by atoms with van der Waals surface area (Å²) < 4.78 is 12.7. The van der Waals surface area contributed by atoms with Gasteiger partial charge in [0, 0.05) is 24.0 Å². The highest BCUT2D eigenvalue weighted by Crippen LogP contribution is 2.30. The lowest BCUT2D eigenvalue weighted by molar-refractivity contribution is 0.0175. The van der Waals surface area contributed by atoms with Crippen molar-refractivity contribution in [3.63, 3.8) is 0 Å². The number of aromatic nitrogens is 2. The highest BCUT2D eigenvalue weighted by molar-refractivity contribution is 7.17. The van der Waals surface area contributed by atoms with Crippen LogP contribution in [0.25, 0.3) is 21.5 Å². The molecule has 0 aliphatic carbocycles. The number of rotatable bonds is 3. The molecule has 1 fully saturated rings. The van der Waals surface area contributed by atoms with Gasteiger partial charge in [0.1, 0.15) is 10.6 Å². The Balaban J connectivity index is 0.00000156. The van der Waals surface area contributed by atoms with Crippen LogP contribution < -0.4 is 10.9 Å². The molecule has 1 atom stereocenters. The lowest BCUT2D eigenvalue weighted by Crippen LogP contribution is -2.42. The van der Waals surface area contributed by atoms with Crippen molar-refractivity contribution in [3.05, 3.63) is 40.5 Å². The quantitative estimate of drug-likeness (QED) is 0.781. The van der Waals surface area contributed by atoms with Crippen LogP contribution in [0.15, 0.2) is 39.3 Å². The van der Waals surface area contributed by atoms with Crippen molar-refractivity contribution >= 4 is 34.0 Å². The summed E-state index contributed by atoms with van der Waals surface area (Å²) in [5.74, 6) is 0.693. The topological polar surface area (TPSA) is 69.3 Å². The molecule has 0 aromatic carbocycles. The Bertz CT molecular complexity index is 837. The summed E-state index contributed by atoms with van der Waals surface area (Å²) in [4.78, 5) is 17.9. The van der Waals surface area contributed by atoms with Gasteiger partial charge in [-0.05, 0) is 12.1 Å². The van der Waals surface area contributed by atoms with E-state index in [4.69, 9.17) is 9.15 Å². The molecule has 8 heteroatoms. The first-order valence-corrected chi connectivity index (χ1v) is 8.04. The zero-order valence-corrected chi connectivity index (χ0v) is 13.9. The van der Waals surface area contributed by atoms with Crippen molar-refractivity contribution in [1.82, 2.24) is 14.9 Å². The first kappa shape index (κ1) is 16.2. The molecule has 1 saturated heterocycles. The molecule has 0 saturated carbocycles. The monoisotopic (exact) mass is 353 g/mol. The molecule has 0 radical (unpaired) electrons. The van der Waals surface area contributed by atoms with E-state index in [1.54, 1.807) is 17.2 Å². The summed E-state index contributed by atoms with van der Waals surface area (Å²) in [5, 5.41) is 5.80. The van der Waals surface area contributed by atoms with E-state index in [0.29, 0.717) is 24.3 Å². The van der Waals surface area contributed by atoms with Gasteiger partial charge in [-0.1, -0.05) is 0 Å². The summed E-state index contributed by atoms with van der Waals surface area (Å²) in [6, 6.07) is 3.67. The second-order valence-corrected chi connectivity index (χ2v) is 6.06. The molecule has 1 aliphatic heterocycles. The number of thiophene rings is 1. The molecule has 6 nitrogen and oxygen atoms in total. The Morgan fingerprint density at radius 1 is 1.48 bits per heavy atom. The van der Waals surface area contributed by atoms with E-state index >= 15 is 0 Å². The summed E-state index contributed by atoms with van der Waals surface area (Å²) in [6.07, 6.45) is 3.21. The number of hydrogen-bond acceptors (Lipinski definition) is 6. The lowest BCUT2D eigenvalue weighted by Gasteiger charge is -2.24. The van der Waals surface area contributed by atoms with E-state index in [2.05, 4.69) is 10.3 Å². The number of halogens is 1. The third-order valence-electron chi connectivity index (χ3n) is 3.75. The van der Waals surface area contributed by atoms with E-state index in [9.17, 15) is 4.79 Å². The van der Waals surface area contributed by atoms with Crippen molar-refractivity contribution in [3.8, 4) is 11.3 Å². The van der Waals surface area contributed by atoms with Gasteiger partial charge in [0.05, 0.1) is 37.2 Å². The molecule has 122 valence electrons. The number of furan rings is 1. The van der Waals surface area contributed by atoms with Crippen molar-refractivity contribution < 1.29 is 9.15 Å². The van der Waals surface area contributed by atoms with Crippen LogP contribution in [0.5, 0.6) is 0 Å². The maximum absolute atomic E-state index is 12.8. The van der Waals surface area contributed by atoms with Crippen LogP contribution in [-0.4, -0.2) is 35.4 Å². The number of nitrogens with zero attached hydrogens (tertiary/aromatic N) is 2. The first-order valence-electron chi connectivity index (χ1n) is 7.16. The number of morpholine rings is 1. The van der Waals surface area contributed by atoms with Crippen LogP contribution in [0.3, 0.4) is 0 Å². The van der Waals surface area contributed by atoms with Gasteiger partial charge in [-0.2, -0.15) is 0 Å². The average molecular weight is 354 g/mol. The predicted octanol–water partition coefficient (Wildman–Crippen LogP) is 2.13. The lowest BCUT2D eigenvalue weighted by atomic mass is 10.2. The Labute approximate surface area is 142 Å². The number of nitrogens with one attached hydrogen (secondary N) is 1. The van der Waals surface area contributed by atoms with Crippen molar-refractivity contribution in [2.45, 2.75) is 12.6 Å². The Kier molecular flexibility index (Phi) is 4.82.